The Kier molecular flexibility index (Phi) is 9.59. The van der Waals surface area contributed by atoms with Crippen LogP contribution in [0.15, 0.2) is 157 Å². The molecule has 1 aliphatic heterocycles. The van der Waals surface area contributed by atoms with Gasteiger partial charge in [-0.2, -0.15) is 5.10 Å². The number of para-hydroxylation sites is 6. The van der Waals surface area contributed by atoms with E-state index >= 15 is 0 Å². The fourth-order valence-corrected chi connectivity index (χ4v) is 9.93. The summed E-state index contributed by atoms with van der Waals surface area (Å²) in [5.41, 5.74) is 15.8. The third kappa shape index (κ3) is 6.32. The van der Waals surface area contributed by atoms with E-state index in [1.165, 1.54) is 77.2 Å². The second-order valence-electron chi connectivity index (χ2n) is 18.1. The van der Waals surface area contributed by atoms with Crippen molar-refractivity contribution in [2.45, 2.75) is 79.1 Å². The number of aromatic nitrogens is 2. The molecule has 0 saturated carbocycles. The van der Waals surface area contributed by atoms with Gasteiger partial charge in [0.05, 0.1) is 33.4 Å². The van der Waals surface area contributed by atoms with Crippen LogP contribution in [0.5, 0.6) is 0 Å². The summed E-state index contributed by atoms with van der Waals surface area (Å²) in [6.45, 7) is 19.1. The van der Waals surface area contributed by atoms with Gasteiger partial charge in [-0.3, -0.25) is 0 Å². The first-order valence-corrected chi connectivity index (χ1v) is 22.1. The SMILES string of the molecule is CC(C)c1cccc(C(C)C)c1N1CN(c2c(C(C)C)cccc2C(C)C)C(c2cc(-n3c4ccccc4c4ccccc43)cc(-n3c4ccccc4c4ccccc43)c2)=N1. The van der Waals surface area contributed by atoms with Crippen LogP contribution in [-0.2, 0) is 0 Å². The van der Waals surface area contributed by atoms with Crippen LogP contribution >= 0.6 is 0 Å². The van der Waals surface area contributed by atoms with Gasteiger partial charge in [0.1, 0.15) is 6.67 Å². The van der Waals surface area contributed by atoms with E-state index in [0.717, 1.165) is 22.8 Å². The smallest absolute Gasteiger partial charge is 0.162 e. The first-order valence-electron chi connectivity index (χ1n) is 22.1. The molecule has 2 aromatic heterocycles. The number of hydrogen-bond donors (Lipinski definition) is 0. The highest BCUT2D eigenvalue weighted by molar-refractivity contribution is 6.15. The van der Waals surface area contributed by atoms with E-state index in [4.69, 9.17) is 5.10 Å². The average Bonchev–Trinajstić information content (AvgIpc) is 3.96. The summed E-state index contributed by atoms with van der Waals surface area (Å²) in [6, 6.07) is 56.1. The number of hydrogen-bond acceptors (Lipinski definition) is 3. The van der Waals surface area contributed by atoms with E-state index in [1.807, 2.05) is 0 Å². The quantitative estimate of drug-likeness (QED) is 0.146. The maximum Gasteiger partial charge on any atom is 0.162 e. The standard InChI is InChI=1S/C56H55N5/c1-35(2)42-23-17-24-43(36(3)4)54(42)58-34-59(55-44(37(5)6)25-18-26-45(55)38(7)8)57-56(58)39-31-40(60-50-27-13-9-19-46(50)47-20-10-14-28-51(47)60)33-41(32-39)61-52-29-15-11-21-48(52)49-22-12-16-30-53(49)61/h9-33,35-38H,34H2,1-8H3. The van der Waals surface area contributed by atoms with Gasteiger partial charge in [0.2, 0.25) is 0 Å². The Hall–Kier alpha value is -6.59. The van der Waals surface area contributed by atoms with E-state index in [2.05, 4.69) is 226 Å². The van der Waals surface area contributed by atoms with Crippen LogP contribution in [0.2, 0.25) is 0 Å². The zero-order chi connectivity index (χ0) is 42.1. The van der Waals surface area contributed by atoms with Crippen LogP contribution in [0.4, 0.5) is 11.4 Å². The number of benzene rings is 7. The first kappa shape index (κ1) is 38.6. The minimum Gasteiger partial charge on any atom is -0.309 e. The molecular weight excluding hydrogens is 743 g/mol. The number of hydrazone groups is 1. The molecule has 3 heterocycles. The summed E-state index contributed by atoms with van der Waals surface area (Å²) < 4.78 is 4.91. The first-order chi connectivity index (χ1) is 29.6. The summed E-state index contributed by atoms with van der Waals surface area (Å²) in [7, 11) is 0. The maximum atomic E-state index is 5.82. The molecule has 0 N–H and O–H groups in total. The van der Waals surface area contributed by atoms with Gasteiger partial charge < -0.3 is 14.0 Å². The van der Waals surface area contributed by atoms with Crippen LogP contribution in [0, 0.1) is 0 Å². The van der Waals surface area contributed by atoms with Crippen molar-refractivity contribution in [1.29, 1.82) is 0 Å². The lowest BCUT2D eigenvalue weighted by atomic mass is 9.91. The van der Waals surface area contributed by atoms with Crippen LogP contribution in [0.1, 0.15) is 107 Å². The summed E-state index contributed by atoms with van der Waals surface area (Å²) in [5, 5.41) is 13.1. The molecule has 0 fully saturated rings. The number of rotatable bonds is 9. The summed E-state index contributed by atoms with van der Waals surface area (Å²) >= 11 is 0. The zero-order valence-electron chi connectivity index (χ0n) is 36.7. The van der Waals surface area contributed by atoms with Gasteiger partial charge in [-0.25, -0.2) is 5.01 Å². The van der Waals surface area contributed by atoms with Crippen molar-refractivity contribution in [2.75, 3.05) is 16.6 Å². The van der Waals surface area contributed by atoms with Gasteiger partial charge in [-0.15, -0.1) is 0 Å². The van der Waals surface area contributed by atoms with E-state index in [0.29, 0.717) is 30.3 Å². The molecule has 0 radical (unpaired) electrons. The zero-order valence-corrected chi connectivity index (χ0v) is 36.7. The second-order valence-corrected chi connectivity index (χ2v) is 18.1. The summed E-state index contributed by atoms with van der Waals surface area (Å²) in [5.74, 6) is 2.24. The van der Waals surface area contributed by atoms with Crippen LogP contribution in [0.25, 0.3) is 55.0 Å². The molecule has 7 aromatic carbocycles. The Morgan fingerprint density at radius 3 is 1.10 bits per heavy atom. The van der Waals surface area contributed by atoms with Gasteiger partial charge in [0.15, 0.2) is 5.84 Å². The molecule has 0 bridgehead atoms. The number of fused-ring (bicyclic) bond motifs is 6. The molecule has 9 aromatic rings. The van der Waals surface area contributed by atoms with Crippen LogP contribution in [-0.4, -0.2) is 21.6 Å². The molecule has 304 valence electrons. The Morgan fingerprint density at radius 1 is 0.393 bits per heavy atom. The Morgan fingerprint density at radius 2 is 0.738 bits per heavy atom. The van der Waals surface area contributed by atoms with Crippen molar-refractivity contribution < 1.29 is 0 Å². The molecule has 1 aliphatic rings. The van der Waals surface area contributed by atoms with Gasteiger partial charge >= 0.3 is 0 Å². The minimum absolute atomic E-state index is 0.315. The molecule has 61 heavy (non-hydrogen) atoms. The van der Waals surface area contributed by atoms with Crippen molar-refractivity contribution >= 4 is 60.8 Å². The third-order valence-corrected chi connectivity index (χ3v) is 12.8. The molecule has 0 amide bonds. The molecule has 0 unspecified atom stereocenters. The molecule has 5 nitrogen and oxygen atoms in total. The highest BCUT2D eigenvalue weighted by Gasteiger charge is 2.34. The fourth-order valence-electron chi connectivity index (χ4n) is 9.93. The van der Waals surface area contributed by atoms with Gasteiger partial charge in [0.25, 0.3) is 0 Å². The number of nitrogens with zero attached hydrogens (tertiary/aromatic N) is 5. The van der Waals surface area contributed by atoms with Gasteiger partial charge in [-0.1, -0.05) is 165 Å². The lowest BCUT2D eigenvalue weighted by Gasteiger charge is -2.31. The van der Waals surface area contributed by atoms with Crippen molar-refractivity contribution in [2.24, 2.45) is 5.10 Å². The molecule has 0 saturated heterocycles. The predicted octanol–water partition coefficient (Wildman–Crippen LogP) is 15.0. The molecular formula is C56H55N5. The maximum absolute atomic E-state index is 5.82. The summed E-state index contributed by atoms with van der Waals surface area (Å²) in [6.07, 6.45) is 0. The van der Waals surface area contributed by atoms with Crippen molar-refractivity contribution in [3.63, 3.8) is 0 Å². The largest absolute Gasteiger partial charge is 0.309 e. The predicted molar refractivity (Wildman–Crippen MR) is 261 cm³/mol. The lowest BCUT2D eigenvalue weighted by molar-refractivity contribution is 0.789. The Balaban J connectivity index is 1.32. The van der Waals surface area contributed by atoms with Gasteiger partial charge in [-0.05, 0) is 88.4 Å². The van der Waals surface area contributed by atoms with E-state index in [-0.39, 0.29) is 0 Å². The van der Waals surface area contributed by atoms with Crippen molar-refractivity contribution in [3.8, 4) is 11.4 Å². The number of amidine groups is 1. The highest BCUT2D eigenvalue weighted by Crippen LogP contribution is 2.43. The van der Waals surface area contributed by atoms with E-state index < -0.39 is 0 Å². The Bertz CT molecular complexity index is 2860. The molecule has 10 rings (SSSR count). The highest BCUT2D eigenvalue weighted by atomic mass is 15.6. The van der Waals surface area contributed by atoms with Crippen molar-refractivity contribution in [3.05, 3.63) is 179 Å². The second kappa shape index (κ2) is 15.1. The molecule has 5 heteroatoms. The van der Waals surface area contributed by atoms with Crippen LogP contribution in [0.3, 0.4) is 0 Å². The molecule has 0 aliphatic carbocycles. The molecule has 0 spiro atoms. The average molecular weight is 798 g/mol. The minimum atomic E-state index is 0.315. The fraction of sp³-hybridized carbons (Fsp3) is 0.232. The van der Waals surface area contributed by atoms with E-state index in [9.17, 15) is 0 Å². The monoisotopic (exact) mass is 797 g/mol. The Labute approximate surface area is 360 Å². The van der Waals surface area contributed by atoms with E-state index in [1.54, 1.807) is 0 Å². The van der Waals surface area contributed by atoms with Crippen molar-refractivity contribution in [1.82, 2.24) is 9.13 Å². The van der Waals surface area contributed by atoms with Gasteiger partial charge in [0, 0.05) is 38.5 Å². The summed E-state index contributed by atoms with van der Waals surface area (Å²) in [4.78, 5) is 2.53. The lowest BCUT2D eigenvalue weighted by Crippen LogP contribution is -2.34. The topological polar surface area (TPSA) is 28.7 Å². The molecule has 0 atom stereocenters. The number of anilines is 2. The van der Waals surface area contributed by atoms with Crippen LogP contribution < -0.4 is 9.91 Å². The normalized spacial score (nSPS) is 13.5. The third-order valence-electron chi connectivity index (χ3n) is 12.8.